The Hall–Kier alpha value is -1.03. The fraction of sp³-hybridized carbons (Fsp3) is 0.400. The molecule has 1 atom stereocenters. The molecule has 78 valence electrons. The summed E-state index contributed by atoms with van der Waals surface area (Å²) in [6.07, 6.45) is -4.17. The van der Waals surface area contributed by atoms with E-state index in [4.69, 9.17) is 0 Å². The Balaban J connectivity index is 2.42. The highest BCUT2D eigenvalue weighted by molar-refractivity contribution is 5.14. The maximum absolute atomic E-state index is 12.1. The predicted molar refractivity (Wildman–Crippen MR) is 48.8 cm³/mol. The average molecular weight is 203 g/mol. The molecule has 14 heavy (non-hydrogen) atoms. The Morgan fingerprint density at radius 2 is 1.79 bits per heavy atom. The molecule has 1 nitrogen and oxygen atoms in total. The molecule has 0 saturated heterocycles. The van der Waals surface area contributed by atoms with E-state index in [1.165, 1.54) is 0 Å². The molecular formula is C10H12F3N. The van der Waals surface area contributed by atoms with Gasteiger partial charge in [-0.1, -0.05) is 30.3 Å². The monoisotopic (exact) mass is 203 g/mol. The molecule has 0 spiro atoms. The van der Waals surface area contributed by atoms with Crippen molar-refractivity contribution in [1.82, 2.24) is 5.32 Å². The van der Waals surface area contributed by atoms with Crippen molar-refractivity contribution in [2.24, 2.45) is 0 Å². The second-order valence-corrected chi connectivity index (χ2v) is 3.13. The van der Waals surface area contributed by atoms with Crippen LogP contribution in [0.2, 0.25) is 0 Å². The number of hydrogen-bond acceptors (Lipinski definition) is 1. The maximum Gasteiger partial charge on any atom is 0.403 e. The third-order valence-corrected chi connectivity index (χ3v) is 1.95. The molecular weight excluding hydrogens is 191 g/mol. The zero-order valence-electron chi connectivity index (χ0n) is 7.81. The standard InChI is InChI=1S/C10H12F3N/c1-8(10(11,12)13)14-7-9-5-3-2-4-6-9/h2-6,8,14H,7H2,1H3. The van der Waals surface area contributed by atoms with Gasteiger partial charge in [-0.2, -0.15) is 13.2 Å². The van der Waals surface area contributed by atoms with Gasteiger partial charge in [0.2, 0.25) is 0 Å². The molecule has 0 aliphatic heterocycles. The molecule has 0 aliphatic rings. The van der Waals surface area contributed by atoms with Crippen LogP contribution in [0.15, 0.2) is 30.3 Å². The first-order valence-corrected chi connectivity index (χ1v) is 4.34. The fourth-order valence-electron chi connectivity index (χ4n) is 0.983. The van der Waals surface area contributed by atoms with E-state index < -0.39 is 12.2 Å². The van der Waals surface area contributed by atoms with Crippen molar-refractivity contribution in [2.45, 2.75) is 25.7 Å². The van der Waals surface area contributed by atoms with Gasteiger partial charge in [-0.15, -0.1) is 0 Å². The van der Waals surface area contributed by atoms with E-state index in [1.54, 1.807) is 24.3 Å². The molecule has 1 rings (SSSR count). The van der Waals surface area contributed by atoms with E-state index in [2.05, 4.69) is 5.32 Å². The number of nitrogens with one attached hydrogen (secondary N) is 1. The van der Waals surface area contributed by atoms with E-state index in [0.717, 1.165) is 12.5 Å². The van der Waals surface area contributed by atoms with Crippen molar-refractivity contribution in [3.05, 3.63) is 35.9 Å². The SMILES string of the molecule is CC(NCc1ccccc1)C(F)(F)F. The zero-order valence-corrected chi connectivity index (χ0v) is 7.81. The van der Waals surface area contributed by atoms with Crippen molar-refractivity contribution >= 4 is 0 Å². The molecule has 0 bridgehead atoms. The molecule has 1 aromatic rings. The lowest BCUT2D eigenvalue weighted by molar-refractivity contribution is -0.151. The first-order valence-electron chi connectivity index (χ1n) is 4.34. The van der Waals surface area contributed by atoms with Crippen LogP contribution in [0, 0.1) is 0 Å². The van der Waals surface area contributed by atoms with Gasteiger partial charge in [0.05, 0.1) is 0 Å². The number of benzene rings is 1. The van der Waals surface area contributed by atoms with Crippen LogP contribution in [0.25, 0.3) is 0 Å². The third kappa shape index (κ3) is 3.38. The van der Waals surface area contributed by atoms with Crippen LogP contribution in [0.3, 0.4) is 0 Å². The zero-order chi connectivity index (χ0) is 10.6. The summed E-state index contributed by atoms with van der Waals surface area (Å²) in [4.78, 5) is 0. The van der Waals surface area contributed by atoms with Gasteiger partial charge in [0.1, 0.15) is 6.04 Å². The molecule has 1 aromatic carbocycles. The molecule has 0 fully saturated rings. The molecule has 0 aliphatic carbocycles. The van der Waals surface area contributed by atoms with Crippen molar-refractivity contribution in [3.63, 3.8) is 0 Å². The van der Waals surface area contributed by atoms with Gasteiger partial charge in [-0.3, -0.25) is 0 Å². The second kappa shape index (κ2) is 4.46. The Kier molecular flexibility index (Phi) is 3.52. The summed E-state index contributed by atoms with van der Waals surface area (Å²) < 4.78 is 36.3. The minimum atomic E-state index is -4.17. The normalized spacial score (nSPS) is 14.0. The first kappa shape index (κ1) is 11.0. The van der Waals surface area contributed by atoms with Gasteiger partial charge in [0.15, 0.2) is 0 Å². The maximum atomic E-state index is 12.1. The van der Waals surface area contributed by atoms with Gasteiger partial charge in [0, 0.05) is 6.54 Å². The Bertz CT molecular complexity index is 268. The predicted octanol–water partition coefficient (Wildman–Crippen LogP) is 2.73. The summed E-state index contributed by atoms with van der Waals surface area (Å²) in [5.74, 6) is 0. The van der Waals surface area contributed by atoms with E-state index in [-0.39, 0.29) is 6.54 Å². The van der Waals surface area contributed by atoms with E-state index in [0.29, 0.717) is 0 Å². The van der Waals surface area contributed by atoms with Crippen LogP contribution in [-0.4, -0.2) is 12.2 Å². The molecule has 4 heteroatoms. The summed E-state index contributed by atoms with van der Waals surface area (Å²) >= 11 is 0. The number of rotatable bonds is 3. The lowest BCUT2D eigenvalue weighted by Crippen LogP contribution is -2.39. The molecule has 0 radical (unpaired) electrons. The van der Waals surface area contributed by atoms with Gasteiger partial charge in [-0.25, -0.2) is 0 Å². The van der Waals surface area contributed by atoms with Crippen molar-refractivity contribution in [3.8, 4) is 0 Å². The quantitative estimate of drug-likeness (QED) is 0.796. The highest BCUT2D eigenvalue weighted by Crippen LogP contribution is 2.19. The summed E-state index contributed by atoms with van der Waals surface area (Å²) in [7, 11) is 0. The Morgan fingerprint density at radius 1 is 1.21 bits per heavy atom. The molecule has 0 saturated carbocycles. The largest absolute Gasteiger partial charge is 0.403 e. The van der Waals surface area contributed by atoms with Gasteiger partial charge in [-0.05, 0) is 12.5 Å². The second-order valence-electron chi connectivity index (χ2n) is 3.13. The van der Waals surface area contributed by atoms with E-state index in [1.807, 2.05) is 6.07 Å². The highest BCUT2D eigenvalue weighted by Gasteiger charge is 2.35. The lowest BCUT2D eigenvalue weighted by atomic mass is 10.2. The minimum absolute atomic E-state index is 0.238. The average Bonchev–Trinajstić information content (AvgIpc) is 2.14. The Morgan fingerprint density at radius 3 is 2.29 bits per heavy atom. The fourth-order valence-corrected chi connectivity index (χ4v) is 0.983. The third-order valence-electron chi connectivity index (χ3n) is 1.95. The summed E-state index contributed by atoms with van der Waals surface area (Å²) in [5.41, 5.74) is 0.851. The van der Waals surface area contributed by atoms with Crippen LogP contribution in [0.1, 0.15) is 12.5 Å². The van der Waals surface area contributed by atoms with Crippen LogP contribution in [-0.2, 0) is 6.54 Å². The van der Waals surface area contributed by atoms with Crippen LogP contribution < -0.4 is 5.32 Å². The summed E-state index contributed by atoms with van der Waals surface area (Å²) in [6, 6.07) is 7.54. The first-order chi connectivity index (χ1) is 6.50. The number of alkyl halides is 3. The molecule has 1 unspecified atom stereocenters. The summed E-state index contributed by atoms with van der Waals surface area (Å²) in [5, 5.41) is 2.41. The van der Waals surface area contributed by atoms with E-state index >= 15 is 0 Å². The number of hydrogen-bond donors (Lipinski definition) is 1. The molecule has 0 heterocycles. The van der Waals surface area contributed by atoms with Crippen molar-refractivity contribution in [2.75, 3.05) is 0 Å². The van der Waals surface area contributed by atoms with Crippen LogP contribution in [0.5, 0.6) is 0 Å². The van der Waals surface area contributed by atoms with Crippen molar-refractivity contribution in [1.29, 1.82) is 0 Å². The summed E-state index contributed by atoms with van der Waals surface area (Å²) in [6.45, 7) is 1.35. The molecule has 0 aromatic heterocycles. The number of halogens is 3. The smallest absolute Gasteiger partial charge is 0.302 e. The van der Waals surface area contributed by atoms with Crippen LogP contribution in [0.4, 0.5) is 13.2 Å². The van der Waals surface area contributed by atoms with E-state index in [9.17, 15) is 13.2 Å². The highest BCUT2D eigenvalue weighted by atomic mass is 19.4. The Labute approximate surface area is 80.9 Å². The van der Waals surface area contributed by atoms with Gasteiger partial charge in [0.25, 0.3) is 0 Å². The topological polar surface area (TPSA) is 12.0 Å². The van der Waals surface area contributed by atoms with Gasteiger partial charge < -0.3 is 5.32 Å². The molecule has 1 N–H and O–H groups in total. The lowest BCUT2D eigenvalue weighted by Gasteiger charge is -2.16. The minimum Gasteiger partial charge on any atom is -0.302 e. The molecule has 0 amide bonds. The van der Waals surface area contributed by atoms with Crippen molar-refractivity contribution < 1.29 is 13.2 Å². The van der Waals surface area contributed by atoms with Gasteiger partial charge >= 0.3 is 6.18 Å². The van der Waals surface area contributed by atoms with Crippen LogP contribution >= 0.6 is 0 Å².